The number of carbonyl (C=O) groups is 3. The standard InChI is InChI=1S/C27H28N2O5/c1-3-9-22(24(30)29-23-14-8-15-27(23,2)25(31)32)28-26(33)34-16-21-19-12-6-4-10-17(19)18-11-5-7-13-20(18)21/h1,4-7,10-13,21-23H,8-9,14-16H2,2H3,(H,28,33)(H,29,30)(H,31,32). The van der Waals surface area contributed by atoms with E-state index < -0.39 is 35.5 Å². The Labute approximate surface area is 198 Å². The number of ether oxygens (including phenoxy) is 1. The van der Waals surface area contributed by atoms with Gasteiger partial charge in [-0.1, -0.05) is 55.0 Å². The Balaban J connectivity index is 1.40. The van der Waals surface area contributed by atoms with Crippen LogP contribution in [0.25, 0.3) is 11.1 Å². The predicted molar refractivity (Wildman–Crippen MR) is 127 cm³/mol. The maximum Gasteiger partial charge on any atom is 0.407 e. The third kappa shape index (κ3) is 4.36. The molecule has 0 aliphatic heterocycles. The van der Waals surface area contributed by atoms with Gasteiger partial charge in [-0.15, -0.1) is 12.3 Å². The number of fused-ring (bicyclic) bond motifs is 3. The van der Waals surface area contributed by atoms with E-state index in [4.69, 9.17) is 11.2 Å². The number of carbonyl (C=O) groups excluding carboxylic acids is 2. The fraction of sp³-hybridized carbons (Fsp3) is 0.370. The summed E-state index contributed by atoms with van der Waals surface area (Å²) >= 11 is 0. The van der Waals surface area contributed by atoms with Gasteiger partial charge in [-0.25, -0.2) is 4.79 Å². The number of alkyl carbamates (subject to hydrolysis) is 1. The summed E-state index contributed by atoms with van der Waals surface area (Å²) in [6, 6.07) is 14.5. The molecule has 3 atom stereocenters. The molecule has 2 aromatic rings. The number of hydrogen-bond acceptors (Lipinski definition) is 4. The molecule has 2 amide bonds. The topological polar surface area (TPSA) is 105 Å². The molecule has 7 nitrogen and oxygen atoms in total. The third-order valence-electron chi connectivity index (χ3n) is 7.04. The smallest absolute Gasteiger partial charge is 0.407 e. The molecule has 0 heterocycles. The molecule has 3 unspecified atom stereocenters. The van der Waals surface area contributed by atoms with Gasteiger partial charge >= 0.3 is 12.1 Å². The van der Waals surface area contributed by atoms with Crippen LogP contribution in [0.15, 0.2) is 48.5 Å². The lowest BCUT2D eigenvalue weighted by molar-refractivity contribution is -0.149. The molecular formula is C27H28N2O5. The Morgan fingerprint density at radius 1 is 1.15 bits per heavy atom. The van der Waals surface area contributed by atoms with Crippen LogP contribution in [0, 0.1) is 17.8 Å². The highest BCUT2D eigenvalue weighted by Gasteiger charge is 2.46. The molecule has 1 saturated carbocycles. The van der Waals surface area contributed by atoms with Gasteiger partial charge in [-0.2, -0.15) is 0 Å². The zero-order chi connectivity index (χ0) is 24.3. The number of carboxylic acid groups (broad SMARTS) is 1. The minimum Gasteiger partial charge on any atom is -0.481 e. The van der Waals surface area contributed by atoms with Crippen molar-refractivity contribution < 1.29 is 24.2 Å². The number of hydrogen-bond donors (Lipinski definition) is 3. The average Bonchev–Trinajstić information content (AvgIpc) is 3.36. The van der Waals surface area contributed by atoms with Gasteiger partial charge in [-0.05, 0) is 42.0 Å². The van der Waals surface area contributed by atoms with Crippen molar-refractivity contribution in [3.8, 4) is 23.5 Å². The van der Waals surface area contributed by atoms with Crippen molar-refractivity contribution in [2.45, 2.75) is 50.6 Å². The van der Waals surface area contributed by atoms with Gasteiger partial charge in [0, 0.05) is 18.4 Å². The van der Waals surface area contributed by atoms with Gasteiger partial charge in [0.1, 0.15) is 12.6 Å². The monoisotopic (exact) mass is 460 g/mol. The van der Waals surface area contributed by atoms with E-state index in [0.29, 0.717) is 19.3 Å². The van der Waals surface area contributed by atoms with Crippen molar-refractivity contribution in [3.05, 3.63) is 59.7 Å². The molecule has 2 aromatic carbocycles. The molecule has 7 heteroatoms. The van der Waals surface area contributed by atoms with E-state index >= 15 is 0 Å². The van der Waals surface area contributed by atoms with Crippen LogP contribution in [0.4, 0.5) is 4.79 Å². The van der Waals surface area contributed by atoms with E-state index in [1.54, 1.807) is 6.92 Å². The Bertz CT molecular complexity index is 1110. The van der Waals surface area contributed by atoms with Gasteiger partial charge in [-0.3, -0.25) is 9.59 Å². The summed E-state index contributed by atoms with van der Waals surface area (Å²) in [7, 11) is 0. The minimum absolute atomic E-state index is 0.0352. The molecule has 1 fully saturated rings. The van der Waals surface area contributed by atoms with Crippen LogP contribution >= 0.6 is 0 Å². The van der Waals surface area contributed by atoms with Crippen molar-refractivity contribution >= 4 is 18.0 Å². The zero-order valence-electron chi connectivity index (χ0n) is 19.0. The molecule has 0 radical (unpaired) electrons. The third-order valence-corrected chi connectivity index (χ3v) is 7.04. The van der Waals surface area contributed by atoms with Crippen molar-refractivity contribution in [2.75, 3.05) is 6.61 Å². The lowest BCUT2D eigenvalue weighted by Gasteiger charge is -2.29. The summed E-state index contributed by atoms with van der Waals surface area (Å²) in [5.41, 5.74) is 3.37. The molecular weight excluding hydrogens is 432 g/mol. The van der Waals surface area contributed by atoms with Crippen LogP contribution in [-0.4, -0.2) is 41.8 Å². The van der Waals surface area contributed by atoms with Gasteiger partial charge in [0.2, 0.25) is 5.91 Å². The zero-order valence-corrected chi connectivity index (χ0v) is 19.0. The van der Waals surface area contributed by atoms with Crippen LogP contribution in [0.2, 0.25) is 0 Å². The Hall–Kier alpha value is -3.79. The second-order valence-electron chi connectivity index (χ2n) is 9.11. The van der Waals surface area contributed by atoms with Crippen LogP contribution in [0.1, 0.15) is 49.7 Å². The van der Waals surface area contributed by atoms with Crippen LogP contribution in [0.5, 0.6) is 0 Å². The first-order chi connectivity index (χ1) is 16.3. The maximum atomic E-state index is 12.9. The second-order valence-corrected chi connectivity index (χ2v) is 9.11. The maximum absolute atomic E-state index is 12.9. The second kappa shape index (κ2) is 9.60. The molecule has 176 valence electrons. The van der Waals surface area contributed by atoms with Gasteiger partial charge in [0.25, 0.3) is 0 Å². The molecule has 0 aromatic heterocycles. The summed E-state index contributed by atoms with van der Waals surface area (Å²) < 4.78 is 5.52. The van der Waals surface area contributed by atoms with E-state index in [0.717, 1.165) is 22.3 Å². The van der Waals surface area contributed by atoms with Crippen LogP contribution < -0.4 is 10.6 Å². The highest BCUT2D eigenvalue weighted by molar-refractivity contribution is 5.87. The van der Waals surface area contributed by atoms with Crippen LogP contribution in [-0.2, 0) is 14.3 Å². The Kier molecular flexibility index (Phi) is 6.60. The average molecular weight is 461 g/mol. The number of rotatable bonds is 7. The molecule has 0 spiro atoms. The summed E-state index contributed by atoms with van der Waals surface area (Å²) in [5, 5.41) is 14.9. The van der Waals surface area contributed by atoms with Crippen molar-refractivity contribution in [1.29, 1.82) is 0 Å². The number of benzene rings is 2. The summed E-state index contributed by atoms with van der Waals surface area (Å²) in [5.74, 6) is 0.835. The quantitative estimate of drug-likeness (QED) is 0.547. The number of nitrogens with one attached hydrogen (secondary N) is 2. The first kappa shape index (κ1) is 23.4. The van der Waals surface area contributed by atoms with E-state index in [1.165, 1.54) is 0 Å². The fourth-order valence-electron chi connectivity index (χ4n) is 5.04. The fourth-order valence-corrected chi connectivity index (χ4v) is 5.04. The summed E-state index contributed by atoms with van der Waals surface area (Å²) in [6.07, 6.45) is 6.37. The van der Waals surface area contributed by atoms with Gasteiger partial charge in [0.15, 0.2) is 0 Å². The van der Waals surface area contributed by atoms with Crippen LogP contribution in [0.3, 0.4) is 0 Å². The number of amides is 2. The number of carboxylic acids is 1. The minimum atomic E-state index is -1.04. The molecule has 3 N–H and O–H groups in total. The van der Waals surface area contributed by atoms with E-state index in [9.17, 15) is 19.5 Å². The molecule has 34 heavy (non-hydrogen) atoms. The number of aliphatic carboxylic acids is 1. The van der Waals surface area contributed by atoms with Crippen molar-refractivity contribution in [2.24, 2.45) is 5.41 Å². The number of terminal acetylenes is 1. The largest absolute Gasteiger partial charge is 0.481 e. The first-order valence-electron chi connectivity index (χ1n) is 11.4. The highest BCUT2D eigenvalue weighted by Crippen LogP contribution is 2.44. The SMILES string of the molecule is C#CCC(NC(=O)OCC1c2ccccc2-c2ccccc21)C(=O)NC1CCCC1(C)C(=O)O. The molecule has 4 rings (SSSR count). The normalized spacial score (nSPS) is 21.6. The van der Waals surface area contributed by atoms with E-state index in [-0.39, 0.29) is 18.9 Å². The summed E-state index contributed by atoms with van der Waals surface area (Å²) in [4.78, 5) is 37.2. The van der Waals surface area contributed by atoms with Gasteiger partial charge < -0.3 is 20.5 Å². The lowest BCUT2D eigenvalue weighted by Crippen LogP contribution is -2.53. The molecule has 2 aliphatic rings. The Morgan fingerprint density at radius 2 is 1.76 bits per heavy atom. The summed E-state index contributed by atoms with van der Waals surface area (Å²) in [6.45, 7) is 1.74. The first-order valence-corrected chi connectivity index (χ1v) is 11.4. The predicted octanol–water partition coefficient (Wildman–Crippen LogP) is 3.68. The molecule has 0 saturated heterocycles. The van der Waals surface area contributed by atoms with Crippen molar-refractivity contribution in [3.63, 3.8) is 0 Å². The van der Waals surface area contributed by atoms with Crippen molar-refractivity contribution in [1.82, 2.24) is 10.6 Å². The van der Waals surface area contributed by atoms with Gasteiger partial charge in [0.05, 0.1) is 5.41 Å². The van der Waals surface area contributed by atoms with E-state index in [2.05, 4.69) is 28.7 Å². The Morgan fingerprint density at radius 3 is 2.35 bits per heavy atom. The highest BCUT2D eigenvalue weighted by atomic mass is 16.5. The lowest BCUT2D eigenvalue weighted by atomic mass is 9.84. The molecule has 2 aliphatic carbocycles. The molecule has 0 bridgehead atoms. The van der Waals surface area contributed by atoms with E-state index in [1.807, 2.05) is 36.4 Å².